The molecule has 2 heterocycles. The summed E-state index contributed by atoms with van der Waals surface area (Å²) in [4.78, 5) is 19.5. The number of aryl methyl sites for hydroxylation is 2. The zero-order valence-corrected chi connectivity index (χ0v) is 21.3. The van der Waals surface area contributed by atoms with E-state index in [1.54, 1.807) is 6.07 Å². The zero-order chi connectivity index (χ0) is 21.8. The lowest BCUT2D eigenvalue weighted by Gasteiger charge is -2.26. The van der Waals surface area contributed by atoms with Crippen LogP contribution in [0.15, 0.2) is 41.2 Å². The lowest BCUT2D eigenvalue weighted by atomic mass is 9.91. The molecule has 5 nitrogen and oxygen atoms in total. The van der Waals surface area contributed by atoms with E-state index < -0.39 is 0 Å². The molecule has 3 N–H and O–H groups in total. The van der Waals surface area contributed by atoms with E-state index in [-0.39, 0.29) is 30.4 Å². The van der Waals surface area contributed by atoms with Crippen LogP contribution < -0.4 is 16.2 Å². The van der Waals surface area contributed by atoms with Gasteiger partial charge < -0.3 is 15.6 Å². The maximum atomic E-state index is 11.6. The van der Waals surface area contributed by atoms with Gasteiger partial charge in [0.2, 0.25) is 5.56 Å². The van der Waals surface area contributed by atoms with Gasteiger partial charge in [-0.2, -0.15) is 0 Å². The number of nitrogens with one attached hydrogen (secondary N) is 3. The van der Waals surface area contributed by atoms with Crippen LogP contribution in [0.25, 0.3) is 10.9 Å². The second-order valence-electron chi connectivity index (χ2n) is 9.28. The fourth-order valence-electron chi connectivity index (χ4n) is 5.40. The average Bonchev–Trinajstić information content (AvgIpc) is 2.82. The fraction of sp³-hybridized carbons (Fsp3) is 0.481. The van der Waals surface area contributed by atoms with Crippen molar-refractivity contribution >= 4 is 41.4 Å². The zero-order valence-electron chi connectivity index (χ0n) is 19.7. The van der Waals surface area contributed by atoms with Crippen LogP contribution in [0.4, 0.5) is 5.69 Å². The Balaban J connectivity index is 0.00000162. The minimum Gasteiger partial charge on any atom is -0.384 e. The third kappa shape index (κ3) is 5.94. The third-order valence-corrected chi connectivity index (χ3v) is 7.05. The van der Waals surface area contributed by atoms with E-state index in [4.69, 9.17) is 4.98 Å². The van der Waals surface area contributed by atoms with Crippen molar-refractivity contribution < 1.29 is 0 Å². The van der Waals surface area contributed by atoms with Gasteiger partial charge in [-0.1, -0.05) is 30.7 Å². The number of unbranched alkanes of at least 4 members (excludes halogenated alkanes) is 2. The van der Waals surface area contributed by atoms with Crippen molar-refractivity contribution in [1.29, 1.82) is 0 Å². The molecule has 0 saturated heterocycles. The molecule has 1 unspecified atom stereocenters. The molecule has 0 saturated carbocycles. The molecule has 7 heteroatoms. The van der Waals surface area contributed by atoms with Crippen LogP contribution >= 0.6 is 24.8 Å². The van der Waals surface area contributed by atoms with Crippen molar-refractivity contribution in [2.75, 3.05) is 18.4 Å². The summed E-state index contributed by atoms with van der Waals surface area (Å²) in [5.41, 5.74) is 7.62. The Morgan fingerprint density at radius 3 is 2.65 bits per heavy atom. The lowest BCUT2D eigenvalue weighted by Crippen LogP contribution is -2.28. The van der Waals surface area contributed by atoms with Crippen molar-refractivity contribution in [3.05, 3.63) is 69.3 Å². The van der Waals surface area contributed by atoms with Gasteiger partial charge in [-0.15, -0.1) is 24.8 Å². The minimum atomic E-state index is 0. The predicted molar refractivity (Wildman–Crippen MR) is 146 cm³/mol. The van der Waals surface area contributed by atoms with Crippen LogP contribution in [0.1, 0.15) is 73.5 Å². The van der Waals surface area contributed by atoms with Crippen molar-refractivity contribution in [2.45, 2.75) is 70.3 Å². The van der Waals surface area contributed by atoms with Crippen LogP contribution in [0.3, 0.4) is 0 Å². The molecule has 5 rings (SSSR count). The smallest absolute Gasteiger partial charge is 0.248 e. The molecule has 0 radical (unpaired) electrons. The van der Waals surface area contributed by atoms with Gasteiger partial charge in [-0.05, 0) is 81.5 Å². The normalized spacial score (nSPS) is 16.6. The number of anilines is 1. The molecule has 2 aliphatic rings. The molecule has 0 fully saturated rings. The molecule has 0 amide bonds. The van der Waals surface area contributed by atoms with E-state index in [2.05, 4.69) is 39.9 Å². The van der Waals surface area contributed by atoms with E-state index in [9.17, 15) is 4.79 Å². The Labute approximate surface area is 214 Å². The first-order valence-electron chi connectivity index (χ1n) is 12.4. The summed E-state index contributed by atoms with van der Waals surface area (Å²) >= 11 is 0. The van der Waals surface area contributed by atoms with E-state index in [1.165, 1.54) is 60.0 Å². The monoisotopic (exact) mass is 502 g/mol. The van der Waals surface area contributed by atoms with Gasteiger partial charge in [0, 0.05) is 41.1 Å². The van der Waals surface area contributed by atoms with Crippen LogP contribution in [0, 0.1) is 0 Å². The molecular formula is C27H36Cl2N4O. The van der Waals surface area contributed by atoms with Gasteiger partial charge in [-0.25, -0.2) is 0 Å². The standard InChI is InChI=1S/C27H34N4O.2ClH/c32-26-16-15-19-22(13-8-14-23(19)31-26)28-17-6-1-7-18-29-27-20-9-2-4-11-24(20)30-25-12-5-3-10-21(25)27;;/h2,4,9,11,15-16,22,28H,1,3,5-8,10,12-14,17-18H2,(H,29,30)(H,31,32);2*1H. The number of para-hydroxylation sites is 1. The maximum Gasteiger partial charge on any atom is 0.248 e. The number of H-pyrrole nitrogens is 1. The molecular weight excluding hydrogens is 467 g/mol. The van der Waals surface area contributed by atoms with Gasteiger partial charge in [0.15, 0.2) is 0 Å². The second kappa shape index (κ2) is 12.6. The molecule has 184 valence electrons. The fourth-order valence-corrected chi connectivity index (χ4v) is 5.40. The maximum absolute atomic E-state index is 11.6. The molecule has 1 aromatic carbocycles. The van der Waals surface area contributed by atoms with E-state index in [0.717, 1.165) is 56.4 Å². The summed E-state index contributed by atoms with van der Waals surface area (Å²) in [6.45, 7) is 2.03. The third-order valence-electron chi connectivity index (χ3n) is 7.05. The number of pyridine rings is 2. The summed E-state index contributed by atoms with van der Waals surface area (Å²) in [6.07, 6.45) is 11.6. The average molecular weight is 504 g/mol. The Morgan fingerprint density at radius 2 is 1.74 bits per heavy atom. The molecule has 0 bridgehead atoms. The van der Waals surface area contributed by atoms with Gasteiger partial charge in [0.25, 0.3) is 0 Å². The van der Waals surface area contributed by atoms with Gasteiger partial charge in [0.05, 0.1) is 5.52 Å². The minimum absolute atomic E-state index is 0. The molecule has 0 aliphatic heterocycles. The first kappa shape index (κ1) is 26.5. The molecule has 34 heavy (non-hydrogen) atoms. The highest BCUT2D eigenvalue weighted by atomic mass is 35.5. The molecule has 1 atom stereocenters. The van der Waals surface area contributed by atoms with Crippen molar-refractivity contribution in [3.8, 4) is 0 Å². The van der Waals surface area contributed by atoms with Gasteiger partial charge in [0.1, 0.15) is 0 Å². The summed E-state index contributed by atoms with van der Waals surface area (Å²) in [5.74, 6) is 0. The quantitative estimate of drug-likeness (QED) is 0.335. The molecule has 3 aromatic rings. The van der Waals surface area contributed by atoms with Crippen molar-refractivity contribution in [1.82, 2.24) is 15.3 Å². The number of nitrogens with zero attached hydrogens (tertiary/aromatic N) is 1. The van der Waals surface area contributed by atoms with Crippen molar-refractivity contribution in [2.24, 2.45) is 0 Å². The Kier molecular flexibility index (Phi) is 9.81. The number of hydrogen-bond acceptors (Lipinski definition) is 4. The van der Waals surface area contributed by atoms with E-state index in [1.807, 2.05) is 6.07 Å². The summed E-state index contributed by atoms with van der Waals surface area (Å²) in [5, 5.41) is 8.77. The number of fused-ring (bicyclic) bond motifs is 3. The molecule has 2 aliphatic carbocycles. The number of rotatable bonds is 8. The highest BCUT2D eigenvalue weighted by Crippen LogP contribution is 2.33. The number of benzene rings is 1. The van der Waals surface area contributed by atoms with Crippen LogP contribution in [0.2, 0.25) is 0 Å². The largest absolute Gasteiger partial charge is 0.384 e. The summed E-state index contributed by atoms with van der Waals surface area (Å²) < 4.78 is 0. The number of halogens is 2. The van der Waals surface area contributed by atoms with E-state index >= 15 is 0 Å². The van der Waals surface area contributed by atoms with Gasteiger partial charge in [-0.3, -0.25) is 9.78 Å². The lowest BCUT2D eigenvalue weighted by molar-refractivity contribution is 0.446. The second-order valence-corrected chi connectivity index (χ2v) is 9.28. The highest BCUT2D eigenvalue weighted by Gasteiger charge is 2.20. The van der Waals surface area contributed by atoms with Gasteiger partial charge >= 0.3 is 0 Å². The predicted octanol–water partition coefficient (Wildman–Crippen LogP) is 5.89. The van der Waals surface area contributed by atoms with Crippen LogP contribution in [-0.4, -0.2) is 23.1 Å². The summed E-state index contributed by atoms with van der Waals surface area (Å²) in [7, 11) is 0. The number of aromatic amines is 1. The Morgan fingerprint density at radius 1 is 0.912 bits per heavy atom. The first-order valence-corrected chi connectivity index (χ1v) is 12.4. The summed E-state index contributed by atoms with van der Waals surface area (Å²) in [6, 6.07) is 12.6. The highest BCUT2D eigenvalue weighted by molar-refractivity contribution is 5.93. The van der Waals surface area contributed by atoms with E-state index in [0.29, 0.717) is 6.04 Å². The molecule has 0 spiro atoms. The first-order chi connectivity index (χ1) is 15.8. The van der Waals surface area contributed by atoms with Crippen LogP contribution in [-0.2, 0) is 19.3 Å². The number of hydrogen-bond donors (Lipinski definition) is 3. The molecule has 2 aromatic heterocycles. The van der Waals surface area contributed by atoms with Crippen LogP contribution in [0.5, 0.6) is 0 Å². The van der Waals surface area contributed by atoms with Crippen molar-refractivity contribution in [3.63, 3.8) is 0 Å². The Hall–Kier alpha value is -2.08. The Bertz CT molecular complexity index is 1150. The SMILES string of the molecule is Cl.Cl.O=c1ccc2c([nH]1)CCCC2NCCCCCNc1c2c(nc3ccccc13)CCCC2. The number of aromatic nitrogens is 2. The topological polar surface area (TPSA) is 69.8 Å².